The average Bonchev–Trinajstić information content (AvgIpc) is 3.15. The van der Waals surface area contributed by atoms with Crippen molar-refractivity contribution in [2.45, 2.75) is 57.9 Å². The second kappa shape index (κ2) is 9.76. The number of hydrogen-bond acceptors (Lipinski definition) is 9. The van der Waals surface area contributed by atoms with Gasteiger partial charge in [-0.25, -0.2) is 9.59 Å². The van der Waals surface area contributed by atoms with Gasteiger partial charge in [0.1, 0.15) is 11.8 Å². The number of carbonyl (C=O) groups is 7. The molecule has 0 aromatic heterocycles. The van der Waals surface area contributed by atoms with Crippen LogP contribution in [-0.2, 0) is 43.2 Å². The van der Waals surface area contributed by atoms with Crippen LogP contribution in [0.25, 0.3) is 0 Å². The van der Waals surface area contributed by atoms with Crippen molar-refractivity contribution in [2.24, 2.45) is 0 Å². The zero-order chi connectivity index (χ0) is 22.4. The molecule has 0 aromatic rings. The fraction of sp³-hybridized carbons (Fsp3) is 0.500. The molecule has 162 valence electrons. The van der Waals surface area contributed by atoms with Gasteiger partial charge in [-0.15, -0.1) is 10.1 Å². The number of rotatable bonds is 9. The van der Waals surface area contributed by atoms with Gasteiger partial charge >= 0.3 is 11.9 Å². The molecular formula is C18H21N3O9. The van der Waals surface area contributed by atoms with Gasteiger partial charge in [-0.1, -0.05) is 6.58 Å². The van der Waals surface area contributed by atoms with E-state index in [4.69, 9.17) is 9.68 Å². The zero-order valence-electron chi connectivity index (χ0n) is 16.3. The number of allylic oxidation sites excluding steroid dienone is 1. The molecule has 4 amide bonds. The first kappa shape index (κ1) is 22.7. The normalized spacial score (nSPS) is 17.2. The van der Waals surface area contributed by atoms with Crippen molar-refractivity contribution in [1.29, 1.82) is 0 Å². The number of nitrogens with one attached hydrogen (secondary N) is 1. The highest BCUT2D eigenvalue weighted by atomic mass is 16.7. The third-order valence-electron chi connectivity index (χ3n) is 4.19. The first-order valence-electron chi connectivity index (χ1n) is 9.16. The average molecular weight is 423 g/mol. The summed E-state index contributed by atoms with van der Waals surface area (Å²) in [4.78, 5) is 91.7. The summed E-state index contributed by atoms with van der Waals surface area (Å²) in [7, 11) is 0. The third kappa shape index (κ3) is 5.96. The lowest BCUT2D eigenvalue weighted by Crippen LogP contribution is -2.46. The van der Waals surface area contributed by atoms with E-state index in [1.54, 1.807) is 0 Å². The molecule has 0 saturated carbocycles. The largest absolute Gasteiger partial charge is 0.355 e. The Kier molecular flexibility index (Phi) is 7.39. The predicted octanol–water partition coefficient (Wildman–Crippen LogP) is -0.568. The molecule has 2 aliphatic heterocycles. The van der Waals surface area contributed by atoms with Crippen LogP contribution in [-0.4, -0.2) is 57.5 Å². The van der Waals surface area contributed by atoms with Crippen LogP contribution in [0.15, 0.2) is 12.3 Å². The molecule has 1 N–H and O–H groups in total. The molecule has 2 saturated heterocycles. The Morgan fingerprint density at radius 1 is 0.933 bits per heavy atom. The molecule has 2 rings (SSSR count). The van der Waals surface area contributed by atoms with Gasteiger partial charge in [0.2, 0.25) is 5.91 Å². The second-order valence-electron chi connectivity index (χ2n) is 6.74. The van der Waals surface area contributed by atoms with Crippen molar-refractivity contribution in [3.05, 3.63) is 12.3 Å². The zero-order valence-corrected chi connectivity index (χ0v) is 16.3. The van der Waals surface area contributed by atoms with Crippen molar-refractivity contribution in [2.75, 3.05) is 0 Å². The number of amides is 4. The first-order valence-corrected chi connectivity index (χ1v) is 9.16. The number of hydroxylamine groups is 4. The molecule has 0 bridgehead atoms. The Labute approximate surface area is 171 Å². The number of Topliss-reactive ketones (excluding diaryl/α,β-unsaturated/α-hetero) is 1. The molecule has 1 atom stereocenters. The summed E-state index contributed by atoms with van der Waals surface area (Å²) >= 11 is 0. The summed E-state index contributed by atoms with van der Waals surface area (Å²) in [5, 5.41) is 3.31. The summed E-state index contributed by atoms with van der Waals surface area (Å²) in [6.07, 6.45) is -0.932. The number of ketones is 1. The maximum Gasteiger partial charge on any atom is 0.355 e. The van der Waals surface area contributed by atoms with Gasteiger partial charge in [0, 0.05) is 32.1 Å². The molecule has 30 heavy (non-hydrogen) atoms. The molecule has 1 unspecified atom stereocenters. The number of hydrogen-bond donors (Lipinski definition) is 1. The quantitative estimate of drug-likeness (QED) is 0.480. The Morgan fingerprint density at radius 3 is 2.03 bits per heavy atom. The van der Waals surface area contributed by atoms with Crippen LogP contribution < -0.4 is 5.32 Å². The van der Waals surface area contributed by atoms with Crippen LogP contribution in [0.1, 0.15) is 51.9 Å². The van der Waals surface area contributed by atoms with Crippen LogP contribution in [0.4, 0.5) is 0 Å². The van der Waals surface area contributed by atoms with Crippen molar-refractivity contribution in [1.82, 2.24) is 15.4 Å². The summed E-state index contributed by atoms with van der Waals surface area (Å²) in [5.41, 5.74) is 0.327. The van der Waals surface area contributed by atoms with Gasteiger partial charge in [0.25, 0.3) is 17.7 Å². The SMILES string of the molecule is C=C1CCC(=O)N1OC(=O)CCC(=O)NC(CC(C)=O)C(=O)ON1C(=O)CCC1=O. The second-order valence-corrected chi connectivity index (χ2v) is 6.74. The summed E-state index contributed by atoms with van der Waals surface area (Å²) in [6.45, 7) is 4.76. The Balaban J connectivity index is 1.87. The van der Waals surface area contributed by atoms with Crippen molar-refractivity contribution in [3.63, 3.8) is 0 Å². The van der Waals surface area contributed by atoms with Crippen molar-refractivity contribution < 1.29 is 43.2 Å². The van der Waals surface area contributed by atoms with E-state index in [2.05, 4.69) is 11.9 Å². The van der Waals surface area contributed by atoms with E-state index in [1.807, 2.05) is 0 Å². The van der Waals surface area contributed by atoms with Crippen LogP contribution in [0.3, 0.4) is 0 Å². The molecule has 2 heterocycles. The Hall–Kier alpha value is -3.57. The van der Waals surface area contributed by atoms with Gasteiger partial charge in [0.05, 0.1) is 12.1 Å². The molecule has 2 fully saturated rings. The number of carbonyl (C=O) groups excluding carboxylic acids is 7. The number of imide groups is 1. The monoisotopic (exact) mass is 423 g/mol. The molecule has 0 spiro atoms. The highest BCUT2D eigenvalue weighted by Gasteiger charge is 2.36. The minimum Gasteiger partial charge on any atom is -0.342 e. The molecule has 0 aromatic carbocycles. The maximum atomic E-state index is 12.2. The molecule has 0 radical (unpaired) electrons. The van der Waals surface area contributed by atoms with E-state index in [0.29, 0.717) is 17.2 Å². The van der Waals surface area contributed by atoms with Crippen LogP contribution in [0.5, 0.6) is 0 Å². The summed E-state index contributed by atoms with van der Waals surface area (Å²) in [6, 6.07) is -1.45. The van der Waals surface area contributed by atoms with Crippen LogP contribution in [0.2, 0.25) is 0 Å². The van der Waals surface area contributed by atoms with E-state index in [1.165, 1.54) is 6.92 Å². The fourth-order valence-electron chi connectivity index (χ4n) is 2.67. The molecule has 0 aliphatic carbocycles. The lowest BCUT2D eigenvalue weighted by Gasteiger charge is -2.19. The molecule has 12 nitrogen and oxygen atoms in total. The maximum absolute atomic E-state index is 12.2. The van der Waals surface area contributed by atoms with E-state index in [9.17, 15) is 33.6 Å². The predicted molar refractivity (Wildman–Crippen MR) is 95.0 cm³/mol. The van der Waals surface area contributed by atoms with Gasteiger partial charge in [-0.05, 0) is 13.3 Å². The third-order valence-corrected chi connectivity index (χ3v) is 4.19. The van der Waals surface area contributed by atoms with Gasteiger partial charge < -0.3 is 15.0 Å². The minimum atomic E-state index is -1.45. The summed E-state index contributed by atoms with van der Waals surface area (Å²) < 4.78 is 0. The van der Waals surface area contributed by atoms with Gasteiger partial charge in [-0.3, -0.25) is 24.0 Å². The van der Waals surface area contributed by atoms with Gasteiger partial charge in [0.15, 0.2) is 0 Å². The molecule has 12 heteroatoms. The van der Waals surface area contributed by atoms with E-state index in [-0.39, 0.29) is 19.3 Å². The molecule has 2 aliphatic rings. The smallest absolute Gasteiger partial charge is 0.342 e. The van der Waals surface area contributed by atoms with Crippen molar-refractivity contribution in [3.8, 4) is 0 Å². The standard InChI is InChI=1S/C18H21N3O9/c1-10-3-5-14(24)20(10)29-17(27)8-4-13(23)19-12(9-11(2)22)18(28)30-21-15(25)6-7-16(21)26/h12H,1,3-9H2,2H3,(H,19,23). The first-order chi connectivity index (χ1) is 14.1. The summed E-state index contributed by atoms with van der Waals surface area (Å²) in [5.74, 6) is -5.09. The van der Waals surface area contributed by atoms with Crippen molar-refractivity contribution >= 4 is 41.4 Å². The van der Waals surface area contributed by atoms with E-state index < -0.39 is 66.7 Å². The lowest BCUT2D eigenvalue weighted by atomic mass is 10.1. The Morgan fingerprint density at radius 2 is 1.50 bits per heavy atom. The topological polar surface area (TPSA) is 156 Å². The lowest BCUT2D eigenvalue weighted by molar-refractivity contribution is -0.199. The van der Waals surface area contributed by atoms with E-state index >= 15 is 0 Å². The van der Waals surface area contributed by atoms with Crippen LogP contribution in [0, 0.1) is 0 Å². The number of nitrogens with zero attached hydrogens (tertiary/aromatic N) is 2. The molecular weight excluding hydrogens is 402 g/mol. The van der Waals surface area contributed by atoms with E-state index in [0.717, 1.165) is 5.06 Å². The van der Waals surface area contributed by atoms with Gasteiger partial charge in [-0.2, -0.15) is 0 Å². The minimum absolute atomic E-state index is 0.107. The highest BCUT2D eigenvalue weighted by molar-refractivity contribution is 6.02. The van der Waals surface area contributed by atoms with Crippen LogP contribution >= 0.6 is 0 Å². The highest BCUT2D eigenvalue weighted by Crippen LogP contribution is 2.21. The Bertz CT molecular complexity index is 788. The fourth-order valence-corrected chi connectivity index (χ4v) is 2.67.